The number of primary amides is 1. The number of ether oxygens (including phenoxy) is 2. The highest BCUT2D eigenvalue weighted by Crippen LogP contribution is 2.34. The Morgan fingerprint density at radius 1 is 1.14 bits per heavy atom. The lowest BCUT2D eigenvalue weighted by Gasteiger charge is -2.17. The van der Waals surface area contributed by atoms with Crippen molar-refractivity contribution in [1.29, 1.82) is 0 Å². The Hall–Kier alpha value is -4.35. The summed E-state index contributed by atoms with van der Waals surface area (Å²) in [5.74, 6) is 0.590. The summed E-state index contributed by atoms with van der Waals surface area (Å²) >= 11 is 0. The van der Waals surface area contributed by atoms with Crippen molar-refractivity contribution < 1.29 is 23.8 Å². The number of halogens is 1. The van der Waals surface area contributed by atoms with E-state index in [2.05, 4.69) is 20.6 Å². The molecule has 1 atom stereocenters. The van der Waals surface area contributed by atoms with E-state index in [1.54, 1.807) is 37.7 Å². The second kappa shape index (κ2) is 11.1. The lowest BCUT2D eigenvalue weighted by atomic mass is 10.1. The molecule has 6 N–H and O–H groups in total. The number of nitrogens with one attached hydrogen (secondary N) is 3. The first-order valence-corrected chi connectivity index (χ1v) is 11.5. The van der Waals surface area contributed by atoms with Crippen LogP contribution < -0.4 is 25.8 Å². The Bertz CT molecular complexity index is 1410. The molecule has 0 aliphatic carbocycles. The van der Waals surface area contributed by atoms with E-state index in [1.165, 1.54) is 18.2 Å². The van der Waals surface area contributed by atoms with Gasteiger partial charge >= 0.3 is 0 Å². The number of amides is 1. The maximum Gasteiger partial charge on any atom is 0.250 e. The maximum atomic E-state index is 13.9. The van der Waals surface area contributed by atoms with Gasteiger partial charge in [0.05, 0.1) is 47.6 Å². The number of carbonyl (C=O) groups is 1. The molecule has 0 unspecified atom stereocenters. The normalized spacial score (nSPS) is 11.9. The van der Waals surface area contributed by atoms with Gasteiger partial charge in [-0.25, -0.2) is 4.39 Å². The van der Waals surface area contributed by atoms with Crippen LogP contribution in [0, 0.1) is 5.82 Å². The second-order valence-corrected chi connectivity index (χ2v) is 8.72. The van der Waals surface area contributed by atoms with Crippen molar-refractivity contribution in [2.75, 3.05) is 45.0 Å². The number of aliphatic hydroxyl groups is 1. The number of rotatable bonds is 11. The van der Waals surface area contributed by atoms with Crippen molar-refractivity contribution in [3.05, 3.63) is 66.2 Å². The summed E-state index contributed by atoms with van der Waals surface area (Å²) in [5, 5.41) is 17.2. The molecule has 1 amide bonds. The molecule has 0 radical (unpaired) electrons. The first-order valence-electron chi connectivity index (χ1n) is 11.5. The summed E-state index contributed by atoms with van der Waals surface area (Å²) in [7, 11) is 5.32. The van der Waals surface area contributed by atoms with Crippen LogP contribution in [-0.4, -0.2) is 66.3 Å². The highest BCUT2D eigenvalue weighted by molar-refractivity contribution is 6.02. The van der Waals surface area contributed by atoms with Gasteiger partial charge in [0.1, 0.15) is 35.8 Å². The number of H-pyrrole nitrogens is 1. The molecular formula is C26H29FN6O4. The topological polar surface area (TPSA) is 138 Å². The van der Waals surface area contributed by atoms with E-state index < -0.39 is 17.8 Å². The van der Waals surface area contributed by atoms with Crippen LogP contribution in [0.3, 0.4) is 0 Å². The smallest absolute Gasteiger partial charge is 0.250 e. The van der Waals surface area contributed by atoms with Crippen LogP contribution >= 0.6 is 0 Å². The van der Waals surface area contributed by atoms with Crippen LogP contribution in [0.2, 0.25) is 0 Å². The number of aromatic nitrogens is 2. The summed E-state index contributed by atoms with van der Waals surface area (Å²) in [4.78, 5) is 21.2. The van der Waals surface area contributed by atoms with Crippen molar-refractivity contribution in [2.45, 2.75) is 6.10 Å². The second-order valence-electron chi connectivity index (χ2n) is 8.72. The fourth-order valence-electron chi connectivity index (χ4n) is 3.88. The molecule has 0 aliphatic heterocycles. The van der Waals surface area contributed by atoms with Crippen LogP contribution in [0.4, 0.5) is 27.3 Å². The summed E-state index contributed by atoms with van der Waals surface area (Å²) in [6, 6.07) is 10.9. The molecular weight excluding hydrogens is 479 g/mol. The Morgan fingerprint density at radius 3 is 2.68 bits per heavy atom. The lowest BCUT2D eigenvalue weighted by Crippen LogP contribution is -2.30. The number of nitrogens with two attached hydrogens (primary N) is 1. The fourth-order valence-corrected chi connectivity index (χ4v) is 3.88. The summed E-state index contributed by atoms with van der Waals surface area (Å²) < 4.78 is 25.1. The molecule has 0 aliphatic rings. The zero-order chi connectivity index (χ0) is 26.5. The molecule has 0 saturated carbocycles. The summed E-state index contributed by atoms with van der Waals surface area (Å²) in [5.41, 5.74) is 7.73. The van der Waals surface area contributed by atoms with Crippen LogP contribution in [0.5, 0.6) is 11.5 Å². The highest BCUT2D eigenvalue weighted by atomic mass is 19.1. The largest absolute Gasteiger partial charge is 0.495 e. The fraction of sp³-hybridized carbons (Fsp3) is 0.231. The van der Waals surface area contributed by atoms with E-state index in [1.807, 2.05) is 25.1 Å². The average Bonchev–Trinajstić information content (AvgIpc) is 3.26. The van der Waals surface area contributed by atoms with Gasteiger partial charge in [-0.2, -0.15) is 0 Å². The number of pyridine rings is 1. The van der Waals surface area contributed by atoms with Gasteiger partial charge in [-0.05, 0) is 50.5 Å². The van der Waals surface area contributed by atoms with Crippen molar-refractivity contribution in [3.8, 4) is 11.5 Å². The zero-order valence-electron chi connectivity index (χ0n) is 20.7. The van der Waals surface area contributed by atoms with Gasteiger partial charge < -0.3 is 40.8 Å². The number of aromatic amines is 1. The summed E-state index contributed by atoms with van der Waals surface area (Å²) in [6.07, 6.45) is 2.59. The minimum absolute atomic E-state index is 0.143. The number of fused-ring (bicyclic) bond motifs is 1. The van der Waals surface area contributed by atoms with Crippen LogP contribution in [0.15, 0.2) is 54.9 Å². The number of likely N-dealkylation sites (N-methyl/N-ethyl adjacent to an activating group) is 1. The molecule has 2 aromatic carbocycles. The quantitative estimate of drug-likeness (QED) is 0.207. The molecule has 37 heavy (non-hydrogen) atoms. The standard InChI is InChI=1S/C26H29FN6O4/c1-33(2)13-16(34)14-37-17-5-7-24(36-3)21(9-17)31-25-10-19-22(11-29-12-23(19)32-25)30-20-8-15(27)4-6-18(20)26(28)35/h4-12,16,30-32,34H,13-14H2,1-3H3,(H2,28,35)/t16-/m1/s1. The molecule has 0 fully saturated rings. The number of aliphatic hydroxyl groups excluding tert-OH is 1. The summed E-state index contributed by atoms with van der Waals surface area (Å²) in [6.45, 7) is 0.627. The SMILES string of the molecule is COc1ccc(OC[C@H](O)CN(C)C)cc1Nc1cc2c(Nc3cc(F)ccc3C(N)=O)cncc2[nH]1. The van der Waals surface area contributed by atoms with Crippen molar-refractivity contribution in [1.82, 2.24) is 14.9 Å². The molecule has 2 aromatic heterocycles. The van der Waals surface area contributed by atoms with E-state index in [9.17, 15) is 14.3 Å². The Morgan fingerprint density at radius 2 is 1.95 bits per heavy atom. The minimum Gasteiger partial charge on any atom is -0.495 e. The minimum atomic E-state index is -0.678. The zero-order valence-corrected chi connectivity index (χ0v) is 20.7. The van der Waals surface area contributed by atoms with Crippen molar-refractivity contribution >= 4 is 39.7 Å². The van der Waals surface area contributed by atoms with Gasteiger partial charge in [0.15, 0.2) is 0 Å². The van der Waals surface area contributed by atoms with Gasteiger partial charge in [-0.1, -0.05) is 0 Å². The van der Waals surface area contributed by atoms with Gasteiger partial charge in [0.25, 0.3) is 5.91 Å². The molecule has 0 saturated heterocycles. The predicted octanol–water partition coefficient (Wildman–Crippen LogP) is 3.60. The van der Waals surface area contributed by atoms with E-state index in [-0.39, 0.29) is 17.9 Å². The molecule has 10 nitrogen and oxygen atoms in total. The van der Waals surface area contributed by atoms with E-state index >= 15 is 0 Å². The monoisotopic (exact) mass is 508 g/mol. The molecule has 4 rings (SSSR count). The van der Waals surface area contributed by atoms with Crippen LogP contribution in [-0.2, 0) is 0 Å². The van der Waals surface area contributed by atoms with E-state index in [4.69, 9.17) is 15.2 Å². The Balaban J connectivity index is 1.59. The third-order valence-corrected chi connectivity index (χ3v) is 5.52. The third-order valence-electron chi connectivity index (χ3n) is 5.52. The van der Waals surface area contributed by atoms with Gasteiger partial charge in [0.2, 0.25) is 0 Å². The molecule has 0 bridgehead atoms. The number of benzene rings is 2. The Labute approximate surface area is 213 Å². The first-order chi connectivity index (χ1) is 17.7. The lowest BCUT2D eigenvalue weighted by molar-refractivity contribution is 0.0831. The number of anilines is 4. The average molecular weight is 509 g/mol. The molecule has 0 spiro atoms. The number of nitrogens with zero attached hydrogens (tertiary/aromatic N) is 2. The van der Waals surface area contributed by atoms with Crippen LogP contribution in [0.1, 0.15) is 10.4 Å². The Kier molecular flexibility index (Phi) is 7.75. The first kappa shape index (κ1) is 25.7. The predicted molar refractivity (Wildman–Crippen MR) is 141 cm³/mol. The van der Waals surface area contributed by atoms with Crippen molar-refractivity contribution in [3.63, 3.8) is 0 Å². The number of hydrogen-bond acceptors (Lipinski definition) is 8. The third kappa shape index (κ3) is 6.26. The van der Waals surface area contributed by atoms with Crippen LogP contribution in [0.25, 0.3) is 10.9 Å². The van der Waals surface area contributed by atoms with E-state index in [0.717, 1.165) is 5.39 Å². The number of carbonyl (C=O) groups excluding carboxylic acids is 1. The van der Waals surface area contributed by atoms with Gasteiger partial charge in [0, 0.05) is 18.0 Å². The molecule has 4 aromatic rings. The molecule has 11 heteroatoms. The molecule has 194 valence electrons. The van der Waals surface area contributed by atoms with Gasteiger partial charge in [-0.15, -0.1) is 0 Å². The highest BCUT2D eigenvalue weighted by Gasteiger charge is 2.14. The maximum absolute atomic E-state index is 13.9. The number of methoxy groups -OCH3 is 1. The van der Waals surface area contributed by atoms with Gasteiger partial charge in [-0.3, -0.25) is 9.78 Å². The number of hydrogen-bond donors (Lipinski definition) is 5. The van der Waals surface area contributed by atoms with Crippen molar-refractivity contribution in [2.24, 2.45) is 5.73 Å². The molecule has 2 heterocycles. The van der Waals surface area contributed by atoms with E-state index in [0.29, 0.717) is 40.8 Å².